The van der Waals surface area contributed by atoms with Gasteiger partial charge in [0, 0.05) is 28.7 Å². The highest BCUT2D eigenvalue weighted by atomic mass is 35.5. The quantitative estimate of drug-likeness (QED) is 0.855. The van der Waals surface area contributed by atoms with Crippen LogP contribution >= 0.6 is 34.5 Å². The van der Waals surface area contributed by atoms with Gasteiger partial charge < -0.3 is 5.73 Å². The van der Waals surface area contributed by atoms with E-state index in [1.165, 1.54) is 4.88 Å². The van der Waals surface area contributed by atoms with Crippen molar-refractivity contribution in [2.75, 3.05) is 12.8 Å². The molecular weight excluding hydrogens is 287 g/mol. The van der Waals surface area contributed by atoms with Crippen molar-refractivity contribution in [3.63, 3.8) is 0 Å². The Morgan fingerprint density at radius 1 is 1.17 bits per heavy atom. The number of anilines is 1. The molecule has 0 unspecified atom stereocenters. The van der Waals surface area contributed by atoms with E-state index in [1.54, 1.807) is 17.4 Å². The molecule has 2 aromatic rings. The Morgan fingerprint density at radius 3 is 2.61 bits per heavy atom. The number of halogens is 2. The molecule has 0 saturated heterocycles. The molecule has 18 heavy (non-hydrogen) atoms. The van der Waals surface area contributed by atoms with Crippen molar-refractivity contribution in [2.24, 2.45) is 0 Å². The van der Waals surface area contributed by atoms with Crippen LogP contribution in [-0.2, 0) is 13.1 Å². The number of rotatable bonds is 4. The van der Waals surface area contributed by atoms with Crippen molar-refractivity contribution in [2.45, 2.75) is 13.1 Å². The van der Waals surface area contributed by atoms with E-state index in [9.17, 15) is 0 Å². The van der Waals surface area contributed by atoms with E-state index < -0.39 is 0 Å². The third-order valence-electron chi connectivity index (χ3n) is 2.60. The minimum absolute atomic E-state index is 0.715. The van der Waals surface area contributed by atoms with Crippen LogP contribution in [0.1, 0.15) is 10.4 Å². The Kier molecular flexibility index (Phi) is 4.51. The second-order valence-corrected chi connectivity index (χ2v) is 6.46. The summed E-state index contributed by atoms with van der Waals surface area (Å²) in [6.07, 6.45) is 0. The lowest BCUT2D eigenvalue weighted by Crippen LogP contribution is -2.17. The smallest absolute Gasteiger partial charge is 0.0931 e. The van der Waals surface area contributed by atoms with Crippen LogP contribution in [0.3, 0.4) is 0 Å². The van der Waals surface area contributed by atoms with Crippen molar-refractivity contribution >= 4 is 40.2 Å². The van der Waals surface area contributed by atoms with E-state index in [4.69, 9.17) is 28.9 Å². The van der Waals surface area contributed by atoms with Crippen molar-refractivity contribution in [3.05, 3.63) is 50.1 Å². The number of nitrogen functional groups attached to an aromatic ring is 1. The summed E-state index contributed by atoms with van der Waals surface area (Å²) in [4.78, 5) is 3.42. The number of hydrogen-bond donors (Lipinski definition) is 1. The average molecular weight is 301 g/mol. The van der Waals surface area contributed by atoms with E-state index >= 15 is 0 Å². The zero-order valence-electron chi connectivity index (χ0n) is 9.99. The fourth-order valence-corrected chi connectivity index (χ4v) is 3.12. The number of nitrogens with zero attached hydrogens (tertiary/aromatic N) is 1. The molecule has 5 heteroatoms. The van der Waals surface area contributed by atoms with Crippen molar-refractivity contribution in [1.29, 1.82) is 0 Å². The van der Waals surface area contributed by atoms with E-state index in [2.05, 4.69) is 4.90 Å². The van der Waals surface area contributed by atoms with Gasteiger partial charge in [-0.1, -0.05) is 23.2 Å². The predicted octanol–water partition coefficient (Wildman–Crippen LogP) is 4.27. The highest BCUT2D eigenvalue weighted by Gasteiger charge is 2.07. The van der Waals surface area contributed by atoms with Gasteiger partial charge in [-0.3, -0.25) is 4.90 Å². The highest BCUT2D eigenvalue weighted by molar-refractivity contribution is 7.16. The number of thiophene rings is 1. The Hall–Kier alpha value is -0.740. The van der Waals surface area contributed by atoms with Crippen LogP contribution in [0.4, 0.5) is 5.69 Å². The minimum atomic E-state index is 0.715. The third kappa shape index (κ3) is 3.62. The maximum atomic E-state index is 5.97. The monoisotopic (exact) mass is 300 g/mol. The van der Waals surface area contributed by atoms with Gasteiger partial charge >= 0.3 is 0 Å². The summed E-state index contributed by atoms with van der Waals surface area (Å²) in [5, 5.41) is 0.715. The predicted molar refractivity (Wildman–Crippen MR) is 80.4 cm³/mol. The minimum Gasteiger partial charge on any atom is -0.398 e. The molecule has 0 fully saturated rings. The molecule has 0 spiro atoms. The molecule has 1 heterocycles. The van der Waals surface area contributed by atoms with Crippen molar-refractivity contribution in [1.82, 2.24) is 4.90 Å². The first kappa shape index (κ1) is 13.7. The number of hydrogen-bond acceptors (Lipinski definition) is 3. The van der Waals surface area contributed by atoms with Crippen LogP contribution in [0, 0.1) is 0 Å². The zero-order valence-corrected chi connectivity index (χ0v) is 12.3. The fourth-order valence-electron chi connectivity index (χ4n) is 1.76. The maximum Gasteiger partial charge on any atom is 0.0931 e. The largest absolute Gasteiger partial charge is 0.398 e. The fraction of sp³-hybridized carbons (Fsp3) is 0.231. The summed E-state index contributed by atoms with van der Waals surface area (Å²) in [5.74, 6) is 0. The van der Waals surface area contributed by atoms with Gasteiger partial charge in [-0.15, -0.1) is 11.3 Å². The van der Waals surface area contributed by atoms with Crippen molar-refractivity contribution in [3.8, 4) is 0 Å². The Bertz CT molecular complexity index is 540. The van der Waals surface area contributed by atoms with E-state index in [-0.39, 0.29) is 0 Å². The first-order valence-corrected chi connectivity index (χ1v) is 7.08. The topological polar surface area (TPSA) is 29.3 Å². The van der Waals surface area contributed by atoms with Crippen LogP contribution in [0.15, 0.2) is 30.3 Å². The standard InChI is InChI=1S/C13H14Cl2N2S/c1-17(8-11-3-5-13(15)18-11)7-9-6-10(14)2-4-12(9)16/h2-6H,7-8,16H2,1H3. The summed E-state index contributed by atoms with van der Waals surface area (Å²) < 4.78 is 0.820. The number of nitrogens with two attached hydrogens (primary N) is 1. The van der Waals surface area contributed by atoms with E-state index in [0.717, 1.165) is 28.7 Å². The molecule has 0 aliphatic carbocycles. The number of benzene rings is 1. The summed E-state index contributed by atoms with van der Waals surface area (Å²) in [6.45, 7) is 1.62. The molecule has 0 atom stereocenters. The average Bonchev–Trinajstić information content (AvgIpc) is 2.69. The summed E-state index contributed by atoms with van der Waals surface area (Å²) >= 11 is 13.5. The van der Waals surface area contributed by atoms with Crippen LogP contribution in [0.2, 0.25) is 9.36 Å². The third-order valence-corrected chi connectivity index (χ3v) is 4.05. The Morgan fingerprint density at radius 2 is 1.94 bits per heavy atom. The van der Waals surface area contributed by atoms with Gasteiger partial charge in [-0.25, -0.2) is 0 Å². The molecule has 0 aliphatic rings. The van der Waals surface area contributed by atoms with E-state index in [0.29, 0.717) is 5.02 Å². The summed E-state index contributed by atoms with van der Waals surface area (Å²) in [5.41, 5.74) is 7.75. The zero-order chi connectivity index (χ0) is 13.1. The molecule has 2 N–H and O–H groups in total. The Labute approximate surface area is 121 Å². The first-order valence-electron chi connectivity index (χ1n) is 5.51. The first-order chi connectivity index (χ1) is 8.54. The van der Waals surface area contributed by atoms with Gasteiger partial charge in [-0.05, 0) is 42.9 Å². The van der Waals surface area contributed by atoms with Gasteiger partial charge in [0.15, 0.2) is 0 Å². The van der Waals surface area contributed by atoms with Crippen LogP contribution in [-0.4, -0.2) is 11.9 Å². The second kappa shape index (κ2) is 5.93. The second-order valence-electron chi connectivity index (χ2n) is 4.22. The van der Waals surface area contributed by atoms with Gasteiger partial charge in [0.1, 0.15) is 0 Å². The Balaban J connectivity index is 2.02. The lowest BCUT2D eigenvalue weighted by molar-refractivity contribution is 0.322. The maximum absolute atomic E-state index is 5.97. The van der Waals surface area contributed by atoms with Crippen LogP contribution in [0.25, 0.3) is 0 Å². The van der Waals surface area contributed by atoms with Gasteiger partial charge in [-0.2, -0.15) is 0 Å². The lowest BCUT2D eigenvalue weighted by Gasteiger charge is -2.17. The van der Waals surface area contributed by atoms with Crippen LogP contribution < -0.4 is 5.73 Å². The summed E-state index contributed by atoms with van der Waals surface area (Å²) in [6, 6.07) is 9.52. The molecule has 0 saturated carbocycles. The van der Waals surface area contributed by atoms with Crippen LogP contribution in [0.5, 0.6) is 0 Å². The molecule has 1 aromatic heterocycles. The van der Waals surface area contributed by atoms with Gasteiger partial charge in [0.25, 0.3) is 0 Å². The van der Waals surface area contributed by atoms with Gasteiger partial charge in [0.2, 0.25) is 0 Å². The highest BCUT2D eigenvalue weighted by Crippen LogP contribution is 2.24. The molecule has 2 nitrogen and oxygen atoms in total. The molecule has 0 amide bonds. The molecule has 1 aromatic carbocycles. The molecule has 96 valence electrons. The lowest BCUT2D eigenvalue weighted by atomic mass is 10.1. The summed E-state index contributed by atoms with van der Waals surface area (Å²) in [7, 11) is 2.05. The molecular formula is C13H14Cl2N2S. The molecule has 2 rings (SSSR count). The van der Waals surface area contributed by atoms with Crippen molar-refractivity contribution < 1.29 is 0 Å². The molecule has 0 aliphatic heterocycles. The molecule has 0 bridgehead atoms. The van der Waals surface area contributed by atoms with E-state index in [1.807, 2.05) is 31.3 Å². The SMILES string of the molecule is CN(Cc1ccc(Cl)s1)Cc1cc(Cl)ccc1N. The normalized spacial score (nSPS) is 11.1. The van der Waals surface area contributed by atoms with Gasteiger partial charge in [0.05, 0.1) is 4.34 Å². The molecule has 0 radical (unpaired) electrons.